The number of aromatic amines is 2. The summed E-state index contributed by atoms with van der Waals surface area (Å²) in [5.41, 5.74) is 3.06. The zero-order valence-corrected chi connectivity index (χ0v) is 29.2. The molecule has 17 heteroatoms. The lowest BCUT2D eigenvalue weighted by molar-refractivity contribution is 0.225. The highest BCUT2D eigenvalue weighted by molar-refractivity contribution is 7.55. The van der Waals surface area contributed by atoms with E-state index in [0.717, 1.165) is 0 Å². The van der Waals surface area contributed by atoms with Gasteiger partial charge in [0.1, 0.15) is 34.4 Å². The largest absolute Gasteiger partial charge is 0.456 e. The van der Waals surface area contributed by atoms with E-state index in [1.54, 1.807) is 86.6 Å². The minimum Gasteiger partial charge on any atom is -0.456 e. The molecule has 2 aliphatic heterocycles. The number of ether oxygens (including phenoxy) is 2. The van der Waals surface area contributed by atoms with Crippen LogP contribution in [0.1, 0.15) is 19.4 Å². The standard InChI is InChI=1S/C18H18N3O5P.C16H13N2O5P/c1-3-24-27(23,25-4-2)21-11-8-9-14-13(10-11)17-16-12(18(22)20-19-17)6-5-7-15(16)26-14;1-22-24(20,21)8-9-5-6-12-11(7-9)15-14-10(16(19)18-17-15)3-2-4-13(14)23-12/h5-10H,3-4H2,1-2H3,(H,20,22)(H,21,23);2-7H,8H2,1H3,(H,18,19)(H,20,21). The Hall–Kier alpha value is -5.14. The van der Waals surface area contributed by atoms with Crippen molar-refractivity contribution in [2.24, 2.45) is 0 Å². The molecular formula is C34H31N5O10P2. The summed E-state index contributed by atoms with van der Waals surface area (Å²) < 4.78 is 51.5. The van der Waals surface area contributed by atoms with Crippen molar-refractivity contribution in [3.8, 4) is 45.5 Å². The molecule has 0 radical (unpaired) electrons. The molecule has 0 bridgehead atoms. The van der Waals surface area contributed by atoms with Gasteiger partial charge >= 0.3 is 15.3 Å². The SMILES string of the molecule is CCOP(=O)(Nc1ccc2c(c1)-c1n[nH]c(=O)c3cccc(c13)O2)OCC.COP(=O)(O)Cc1ccc2c(c1)-c1n[nH]c(=O)c3cccc(c13)O2. The van der Waals surface area contributed by atoms with Crippen molar-refractivity contribution < 1.29 is 37.1 Å². The molecule has 1 atom stereocenters. The molecule has 51 heavy (non-hydrogen) atoms. The highest BCUT2D eigenvalue weighted by Crippen LogP contribution is 2.51. The summed E-state index contributed by atoms with van der Waals surface area (Å²) in [6.45, 7) is 3.97. The number of nitrogens with zero attached hydrogens (tertiary/aromatic N) is 2. The van der Waals surface area contributed by atoms with E-state index in [1.807, 2.05) is 0 Å². The second-order valence-electron chi connectivity index (χ2n) is 11.3. The molecule has 4 heterocycles. The quantitative estimate of drug-likeness (QED) is 0.108. The Morgan fingerprint density at radius 3 is 1.80 bits per heavy atom. The minimum absolute atomic E-state index is 0.120. The van der Waals surface area contributed by atoms with E-state index in [1.165, 1.54) is 7.11 Å². The lowest BCUT2D eigenvalue weighted by Gasteiger charge is -2.22. The Kier molecular flexibility index (Phi) is 9.10. The highest BCUT2D eigenvalue weighted by atomic mass is 31.2. The fourth-order valence-electron chi connectivity index (χ4n) is 5.89. The molecule has 2 aromatic heterocycles. The number of rotatable bonds is 9. The zero-order chi connectivity index (χ0) is 35.9. The summed E-state index contributed by atoms with van der Waals surface area (Å²) in [7, 11) is -5.96. The topological polar surface area (TPSA) is 204 Å². The van der Waals surface area contributed by atoms with Crippen LogP contribution < -0.4 is 25.7 Å². The number of hydrogen-bond acceptors (Lipinski definition) is 11. The van der Waals surface area contributed by atoms with Crippen molar-refractivity contribution >= 4 is 42.6 Å². The van der Waals surface area contributed by atoms with Crippen molar-refractivity contribution in [3.05, 3.63) is 99.1 Å². The lowest BCUT2D eigenvalue weighted by Crippen LogP contribution is -2.12. The summed E-state index contributed by atoms with van der Waals surface area (Å²) in [5, 5.41) is 18.5. The number of fused-ring (bicyclic) bond motifs is 4. The number of nitrogens with one attached hydrogen (secondary N) is 3. The number of benzene rings is 4. The Balaban J connectivity index is 0.000000160. The van der Waals surface area contributed by atoms with Crippen molar-refractivity contribution in [1.82, 2.24) is 20.4 Å². The summed E-state index contributed by atoms with van der Waals surface area (Å²) in [4.78, 5) is 33.7. The predicted octanol–water partition coefficient (Wildman–Crippen LogP) is 7.32. The van der Waals surface area contributed by atoms with Gasteiger partial charge in [-0.1, -0.05) is 18.2 Å². The molecule has 0 fully saturated rings. The number of hydrogen-bond donors (Lipinski definition) is 4. The van der Waals surface area contributed by atoms with Gasteiger partial charge in [0, 0.05) is 23.9 Å². The molecule has 4 N–H and O–H groups in total. The summed E-state index contributed by atoms with van der Waals surface area (Å²) in [6.07, 6.45) is -0.120. The van der Waals surface area contributed by atoms with Crippen LogP contribution in [0.5, 0.6) is 23.0 Å². The average molecular weight is 732 g/mol. The van der Waals surface area contributed by atoms with E-state index >= 15 is 0 Å². The van der Waals surface area contributed by atoms with Crippen LogP contribution in [-0.4, -0.2) is 45.6 Å². The molecule has 4 aromatic carbocycles. The molecular weight excluding hydrogens is 700 g/mol. The summed E-state index contributed by atoms with van der Waals surface area (Å²) in [6, 6.07) is 20.9. The van der Waals surface area contributed by atoms with E-state index in [-0.39, 0.29) is 30.5 Å². The Morgan fingerprint density at radius 2 is 1.27 bits per heavy atom. The average Bonchev–Trinajstić information content (AvgIpc) is 3.11. The Labute approximate surface area is 289 Å². The molecule has 0 saturated carbocycles. The molecule has 0 saturated heterocycles. The van der Waals surface area contributed by atoms with E-state index in [0.29, 0.717) is 78.3 Å². The maximum absolute atomic E-state index is 12.7. The summed E-state index contributed by atoms with van der Waals surface area (Å²) >= 11 is 0. The van der Waals surface area contributed by atoms with Gasteiger partial charge in [0.2, 0.25) is 0 Å². The van der Waals surface area contributed by atoms with Gasteiger partial charge in [-0.2, -0.15) is 10.2 Å². The van der Waals surface area contributed by atoms with Crippen LogP contribution in [0.15, 0.2) is 82.4 Å². The van der Waals surface area contributed by atoms with Gasteiger partial charge in [-0.15, -0.1) is 0 Å². The molecule has 0 amide bonds. The monoisotopic (exact) mass is 731 g/mol. The first-order chi connectivity index (χ1) is 24.5. The Morgan fingerprint density at radius 1 is 0.745 bits per heavy atom. The van der Waals surface area contributed by atoms with Crippen LogP contribution in [-0.2, 0) is 28.9 Å². The molecule has 0 aliphatic carbocycles. The smallest absolute Gasteiger partial charge is 0.432 e. The van der Waals surface area contributed by atoms with Crippen LogP contribution in [0, 0.1) is 0 Å². The van der Waals surface area contributed by atoms with Gasteiger partial charge in [-0.25, -0.2) is 14.8 Å². The number of aromatic nitrogens is 4. The summed E-state index contributed by atoms with van der Waals surface area (Å²) in [5.74, 6) is 2.29. The van der Waals surface area contributed by atoms with Crippen molar-refractivity contribution in [2.45, 2.75) is 20.0 Å². The normalized spacial score (nSPS) is 13.6. The third-order valence-electron chi connectivity index (χ3n) is 8.06. The van der Waals surface area contributed by atoms with E-state index in [2.05, 4.69) is 30.0 Å². The fraction of sp³-hybridized carbons (Fsp3) is 0.176. The molecule has 0 spiro atoms. The third-order valence-corrected chi connectivity index (χ3v) is 11.1. The van der Waals surface area contributed by atoms with Gasteiger partial charge < -0.3 is 18.9 Å². The maximum Gasteiger partial charge on any atom is 0.432 e. The van der Waals surface area contributed by atoms with Crippen LogP contribution in [0.4, 0.5) is 5.69 Å². The van der Waals surface area contributed by atoms with Gasteiger partial charge in [0.05, 0.1) is 40.9 Å². The van der Waals surface area contributed by atoms with Gasteiger partial charge in [-0.3, -0.25) is 28.3 Å². The second kappa shape index (κ2) is 13.5. The van der Waals surface area contributed by atoms with Gasteiger partial charge in [0.15, 0.2) is 0 Å². The number of H-pyrrole nitrogens is 2. The molecule has 1 unspecified atom stereocenters. The molecule has 262 valence electrons. The molecule has 8 rings (SSSR count). The van der Waals surface area contributed by atoms with Crippen LogP contribution >= 0.6 is 15.3 Å². The third kappa shape index (κ3) is 6.59. The van der Waals surface area contributed by atoms with Crippen LogP contribution in [0.2, 0.25) is 0 Å². The van der Waals surface area contributed by atoms with E-state index in [9.17, 15) is 23.6 Å². The molecule has 15 nitrogen and oxygen atoms in total. The van der Waals surface area contributed by atoms with Crippen molar-refractivity contribution in [2.75, 3.05) is 25.4 Å². The minimum atomic E-state index is -3.68. The second-order valence-corrected chi connectivity index (χ2v) is 15.0. The van der Waals surface area contributed by atoms with E-state index < -0.39 is 15.3 Å². The molecule has 6 aromatic rings. The van der Waals surface area contributed by atoms with Crippen molar-refractivity contribution in [1.29, 1.82) is 0 Å². The highest BCUT2D eigenvalue weighted by Gasteiger charge is 2.28. The zero-order valence-electron chi connectivity index (χ0n) is 27.5. The first kappa shape index (κ1) is 34.3. The first-order valence-electron chi connectivity index (χ1n) is 15.7. The van der Waals surface area contributed by atoms with Gasteiger partial charge in [0.25, 0.3) is 11.1 Å². The Bertz CT molecular complexity index is 2540. The maximum atomic E-state index is 12.7. The lowest BCUT2D eigenvalue weighted by atomic mass is 9.99. The fourth-order valence-corrected chi connectivity index (χ4v) is 8.02. The van der Waals surface area contributed by atoms with Crippen LogP contribution in [0.3, 0.4) is 0 Å². The van der Waals surface area contributed by atoms with E-state index in [4.69, 9.17) is 18.5 Å². The number of anilines is 1. The predicted molar refractivity (Wildman–Crippen MR) is 191 cm³/mol. The first-order valence-corrected chi connectivity index (χ1v) is 19.0. The van der Waals surface area contributed by atoms with Crippen LogP contribution in [0.25, 0.3) is 44.1 Å². The molecule has 2 aliphatic rings. The van der Waals surface area contributed by atoms with Gasteiger partial charge in [-0.05, 0) is 74.0 Å². The van der Waals surface area contributed by atoms with Crippen molar-refractivity contribution in [3.63, 3.8) is 0 Å².